The number of nitriles is 1. The second-order valence-electron chi connectivity index (χ2n) is 4.85. The average molecular weight is 306 g/mol. The summed E-state index contributed by atoms with van der Waals surface area (Å²) >= 11 is 0. The Labute approximate surface area is 125 Å². The van der Waals surface area contributed by atoms with Gasteiger partial charge in [-0.3, -0.25) is 24.3 Å². The van der Waals surface area contributed by atoms with Crippen molar-refractivity contribution >= 4 is 11.6 Å². The van der Waals surface area contributed by atoms with Crippen molar-refractivity contribution in [3.8, 4) is 6.07 Å². The molecule has 9 heteroatoms. The third kappa shape index (κ3) is 3.67. The Kier molecular flexibility index (Phi) is 4.85. The fourth-order valence-corrected chi connectivity index (χ4v) is 2.16. The summed E-state index contributed by atoms with van der Waals surface area (Å²) in [4.78, 5) is 33.8. The first-order valence-corrected chi connectivity index (χ1v) is 6.68. The highest BCUT2D eigenvalue weighted by molar-refractivity contribution is 5.75. The van der Waals surface area contributed by atoms with Gasteiger partial charge < -0.3 is 10.1 Å². The first-order valence-electron chi connectivity index (χ1n) is 6.68. The topological polar surface area (TPSA) is 127 Å². The van der Waals surface area contributed by atoms with E-state index in [0.717, 1.165) is 29.7 Å². The van der Waals surface area contributed by atoms with Gasteiger partial charge in [0, 0.05) is 19.2 Å². The molecule has 1 atom stereocenters. The predicted octanol–water partition coefficient (Wildman–Crippen LogP) is -0.0766. The normalized spacial score (nSPS) is 17.0. The van der Waals surface area contributed by atoms with Crippen molar-refractivity contribution in [1.82, 2.24) is 9.88 Å². The van der Waals surface area contributed by atoms with Gasteiger partial charge in [0.1, 0.15) is 18.2 Å². The second-order valence-corrected chi connectivity index (χ2v) is 4.85. The molecule has 1 fully saturated rings. The number of rotatable bonds is 5. The van der Waals surface area contributed by atoms with Crippen molar-refractivity contribution in [2.45, 2.75) is 25.5 Å². The molecule has 9 nitrogen and oxygen atoms in total. The van der Waals surface area contributed by atoms with E-state index < -0.39 is 22.1 Å². The minimum absolute atomic E-state index is 0.0412. The molecule has 1 aromatic heterocycles. The van der Waals surface area contributed by atoms with Crippen molar-refractivity contribution in [1.29, 1.82) is 5.26 Å². The molecule has 1 saturated heterocycles. The lowest BCUT2D eigenvalue weighted by Crippen LogP contribution is -2.36. The maximum atomic E-state index is 11.9. The standard InChI is InChI=1S/C13H14N4O5/c14-5-9-4-10(17(20)21)7-16(13(9)19)8-12(18)15-6-11-2-1-3-22-11/h4,7,11H,1-3,6,8H2,(H,15,18)/t11-/m1/s1. The van der Waals surface area contributed by atoms with Gasteiger partial charge in [0.2, 0.25) is 5.91 Å². The Morgan fingerprint density at radius 1 is 1.64 bits per heavy atom. The molecule has 0 saturated carbocycles. The van der Waals surface area contributed by atoms with Crippen LogP contribution in [0.3, 0.4) is 0 Å². The summed E-state index contributed by atoms with van der Waals surface area (Å²) < 4.78 is 6.21. The highest BCUT2D eigenvalue weighted by atomic mass is 16.6. The third-order valence-corrected chi connectivity index (χ3v) is 3.27. The van der Waals surface area contributed by atoms with Crippen LogP contribution in [0.2, 0.25) is 0 Å². The van der Waals surface area contributed by atoms with E-state index in [4.69, 9.17) is 10.00 Å². The minimum Gasteiger partial charge on any atom is -0.376 e. The highest BCUT2D eigenvalue weighted by Crippen LogP contribution is 2.11. The lowest BCUT2D eigenvalue weighted by molar-refractivity contribution is -0.385. The van der Waals surface area contributed by atoms with Gasteiger partial charge in [0.25, 0.3) is 11.2 Å². The SMILES string of the molecule is N#Cc1cc([N+](=O)[O-])cn(CC(=O)NC[C@H]2CCCO2)c1=O. The molecule has 0 spiro atoms. The van der Waals surface area contributed by atoms with E-state index in [-0.39, 0.29) is 18.2 Å². The summed E-state index contributed by atoms with van der Waals surface area (Å²) in [5, 5.41) is 22.2. The maximum Gasteiger partial charge on any atom is 0.287 e. The number of pyridine rings is 1. The van der Waals surface area contributed by atoms with E-state index in [1.165, 1.54) is 0 Å². The van der Waals surface area contributed by atoms with E-state index in [1.807, 2.05) is 0 Å². The van der Waals surface area contributed by atoms with Crippen molar-refractivity contribution in [2.24, 2.45) is 0 Å². The maximum absolute atomic E-state index is 11.9. The Hall–Kier alpha value is -2.73. The van der Waals surface area contributed by atoms with Crippen molar-refractivity contribution < 1.29 is 14.5 Å². The lowest BCUT2D eigenvalue weighted by Gasteiger charge is -2.11. The number of aromatic nitrogens is 1. The number of amides is 1. The zero-order valence-corrected chi connectivity index (χ0v) is 11.7. The van der Waals surface area contributed by atoms with Crippen LogP contribution in [-0.4, -0.2) is 34.7 Å². The van der Waals surface area contributed by atoms with Crippen LogP contribution < -0.4 is 10.9 Å². The van der Waals surface area contributed by atoms with Crippen LogP contribution in [0.25, 0.3) is 0 Å². The zero-order valence-electron chi connectivity index (χ0n) is 11.7. The minimum atomic E-state index is -0.736. The molecule has 22 heavy (non-hydrogen) atoms. The fourth-order valence-electron chi connectivity index (χ4n) is 2.16. The number of ether oxygens (including phenoxy) is 1. The largest absolute Gasteiger partial charge is 0.376 e. The fraction of sp³-hybridized carbons (Fsp3) is 0.462. The number of hydrogen-bond donors (Lipinski definition) is 1. The average Bonchev–Trinajstić information content (AvgIpc) is 3.00. The number of carbonyl (C=O) groups excluding carboxylic acids is 1. The number of nitro groups is 1. The van der Waals surface area contributed by atoms with E-state index in [0.29, 0.717) is 13.2 Å². The zero-order chi connectivity index (χ0) is 16.1. The van der Waals surface area contributed by atoms with Crippen LogP contribution in [0.15, 0.2) is 17.1 Å². The van der Waals surface area contributed by atoms with Crippen LogP contribution in [0.4, 0.5) is 5.69 Å². The van der Waals surface area contributed by atoms with Crippen LogP contribution in [0.5, 0.6) is 0 Å². The van der Waals surface area contributed by atoms with Gasteiger partial charge >= 0.3 is 0 Å². The number of carbonyl (C=O) groups is 1. The van der Waals surface area contributed by atoms with E-state index in [1.54, 1.807) is 6.07 Å². The number of nitrogens with zero attached hydrogens (tertiary/aromatic N) is 3. The third-order valence-electron chi connectivity index (χ3n) is 3.27. The van der Waals surface area contributed by atoms with Gasteiger partial charge in [-0.15, -0.1) is 0 Å². The first-order chi connectivity index (χ1) is 10.5. The highest BCUT2D eigenvalue weighted by Gasteiger charge is 2.18. The van der Waals surface area contributed by atoms with E-state index in [9.17, 15) is 19.7 Å². The van der Waals surface area contributed by atoms with Gasteiger partial charge in [-0.1, -0.05) is 0 Å². The summed E-state index contributed by atoms with van der Waals surface area (Å²) in [6.45, 7) is 0.603. The summed E-state index contributed by atoms with van der Waals surface area (Å²) in [5.74, 6) is -0.470. The summed E-state index contributed by atoms with van der Waals surface area (Å²) in [7, 11) is 0. The van der Waals surface area contributed by atoms with Crippen LogP contribution >= 0.6 is 0 Å². The number of hydrogen-bond acceptors (Lipinski definition) is 6. The lowest BCUT2D eigenvalue weighted by atomic mass is 10.2. The Morgan fingerprint density at radius 2 is 2.41 bits per heavy atom. The molecule has 1 aliphatic heterocycles. The van der Waals surface area contributed by atoms with Gasteiger partial charge in [0.05, 0.1) is 17.2 Å². The van der Waals surface area contributed by atoms with Gasteiger partial charge in [-0.2, -0.15) is 5.26 Å². The van der Waals surface area contributed by atoms with Crippen LogP contribution in [-0.2, 0) is 16.1 Å². The quantitative estimate of drug-likeness (QED) is 0.599. The number of nitrogens with one attached hydrogen (secondary N) is 1. The molecule has 1 N–H and O–H groups in total. The summed E-state index contributed by atoms with van der Waals surface area (Å²) in [6.07, 6.45) is 2.71. The molecule has 0 aliphatic carbocycles. The van der Waals surface area contributed by atoms with Crippen LogP contribution in [0.1, 0.15) is 18.4 Å². The molecule has 0 aromatic carbocycles. The molecule has 0 unspecified atom stereocenters. The van der Waals surface area contributed by atoms with Gasteiger partial charge in [-0.05, 0) is 12.8 Å². The molecule has 1 aliphatic rings. The smallest absolute Gasteiger partial charge is 0.287 e. The molecule has 1 aromatic rings. The second kappa shape index (κ2) is 6.82. The van der Waals surface area contributed by atoms with E-state index in [2.05, 4.69) is 5.32 Å². The van der Waals surface area contributed by atoms with Crippen molar-refractivity contribution in [2.75, 3.05) is 13.2 Å². The molecule has 0 radical (unpaired) electrons. The molecule has 116 valence electrons. The predicted molar refractivity (Wildman–Crippen MR) is 74.1 cm³/mol. The summed E-state index contributed by atoms with van der Waals surface area (Å²) in [5.41, 5.74) is -1.52. The molecule has 2 rings (SSSR count). The monoisotopic (exact) mass is 306 g/mol. The van der Waals surface area contributed by atoms with E-state index >= 15 is 0 Å². The molecule has 2 heterocycles. The van der Waals surface area contributed by atoms with Crippen molar-refractivity contribution in [3.05, 3.63) is 38.3 Å². The first kappa shape index (κ1) is 15.7. The van der Waals surface area contributed by atoms with Crippen LogP contribution in [0, 0.1) is 21.4 Å². The molecule has 0 bridgehead atoms. The molecular formula is C13H14N4O5. The van der Waals surface area contributed by atoms with Gasteiger partial charge in [0.15, 0.2) is 0 Å². The van der Waals surface area contributed by atoms with Gasteiger partial charge in [-0.25, -0.2) is 0 Å². The van der Waals surface area contributed by atoms with Crippen molar-refractivity contribution in [3.63, 3.8) is 0 Å². The Morgan fingerprint density at radius 3 is 3.00 bits per heavy atom. The summed E-state index contributed by atoms with van der Waals surface area (Å²) in [6, 6.07) is 2.48. The molecular weight excluding hydrogens is 292 g/mol. The Bertz CT molecular complexity index is 685. The Balaban J connectivity index is 2.09. The molecule has 1 amide bonds.